The summed E-state index contributed by atoms with van der Waals surface area (Å²) in [6.45, 7) is 1.47. The molecular formula is C18H14BrN3O2. The summed E-state index contributed by atoms with van der Waals surface area (Å²) in [6, 6.07) is 15.7. The summed E-state index contributed by atoms with van der Waals surface area (Å²) in [5.74, 6) is -0.584. The van der Waals surface area contributed by atoms with Gasteiger partial charge < -0.3 is 10.6 Å². The molecular weight excluding hydrogens is 370 g/mol. The lowest BCUT2D eigenvalue weighted by molar-refractivity contribution is -0.112. The molecule has 1 amide bonds. The van der Waals surface area contributed by atoms with Crippen LogP contribution in [0.25, 0.3) is 0 Å². The number of amides is 1. The molecule has 6 heteroatoms. The predicted octanol–water partition coefficient (Wildman–Crippen LogP) is 4.11. The van der Waals surface area contributed by atoms with Crippen molar-refractivity contribution in [1.82, 2.24) is 0 Å². The van der Waals surface area contributed by atoms with Gasteiger partial charge in [0.25, 0.3) is 5.91 Å². The average molecular weight is 384 g/mol. The third-order valence-corrected chi connectivity index (χ3v) is 3.62. The Labute approximate surface area is 148 Å². The summed E-state index contributed by atoms with van der Waals surface area (Å²) in [4.78, 5) is 23.4. The van der Waals surface area contributed by atoms with E-state index < -0.39 is 5.91 Å². The molecule has 0 fully saturated rings. The van der Waals surface area contributed by atoms with E-state index in [-0.39, 0.29) is 11.4 Å². The minimum atomic E-state index is -0.532. The maximum absolute atomic E-state index is 12.1. The number of nitrogens with one attached hydrogen (secondary N) is 2. The molecule has 0 radical (unpaired) electrons. The molecule has 0 atom stereocenters. The zero-order chi connectivity index (χ0) is 17.5. The van der Waals surface area contributed by atoms with Crippen molar-refractivity contribution in [3.63, 3.8) is 0 Å². The highest BCUT2D eigenvalue weighted by Crippen LogP contribution is 2.16. The minimum absolute atomic E-state index is 0.0521. The second-order valence-electron chi connectivity index (χ2n) is 4.91. The van der Waals surface area contributed by atoms with Crippen LogP contribution in [0.1, 0.15) is 17.3 Å². The van der Waals surface area contributed by atoms with Crippen molar-refractivity contribution < 1.29 is 9.59 Å². The van der Waals surface area contributed by atoms with Gasteiger partial charge in [0.1, 0.15) is 11.6 Å². The van der Waals surface area contributed by atoms with Crippen molar-refractivity contribution in [1.29, 1.82) is 5.26 Å². The Morgan fingerprint density at radius 1 is 1.12 bits per heavy atom. The number of nitrogens with zero attached hydrogens (tertiary/aromatic N) is 1. The molecule has 24 heavy (non-hydrogen) atoms. The van der Waals surface area contributed by atoms with E-state index >= 15 is 0 Å². The highest BCUT2D eigenvalue weighted by molar-refractivity contribution is 9.10. The monoisotopic (exact) mass is 383 g/mol. The fraction of sp³-hybridized carbons (Fsp3) is 0.0556. The van der Waals surface area contributed by atoms with Crippen LogP contribution >= 0.6 is 15.9 Å². The van der Waals surface area contributed by atoms with E-state index in [0.717, 1.165) is 10.2 Å². The number of hydrogen-bond acceptors (Lipinski definition) is 4. The predicted molar refractivity (Wildman–Crippen MR) is 96.5 cm³/mol. The fourth-order valence-electron chi connectivity index (χ4n) is 1.87. The van der Waals surface area contributed by atoms with Gasteiger partial charge in [0.05, 0.1) is 0 Å². The quantitative estimate of drug-likeness (QED) is 0.462. The van der Waals surface area contributed by atoms with Gasteiger partial charge in [-0.3, -0.25) is 9.59 Å². The Kier molecular flexibility index (Phi) is 5.88. The number of benzene rings is 2. The van der Waals surface area contributed by atoms with Gasteiger partial charge in [0.2, 0.25) is 0 Å². The third kappa shape index (κ3) is 4.80. The zero-order valence-electron chi connectivity index (χ0n) is 12.8. The van der Waals surface area contributed by atoms with Gasteiger partial charge in [-0.15, -0.1) is 0 Å². The number of carbonyl (C=O) groups excluding carboxylic acids is 2. The number of halogens is 1. The largest absolute Gasteiger partial charge is 0.360 e. The van der Waals surface area contributed by atoms with Crippen molar-refractivity contribution in [2.24, 2.45) is 0 Å². The van der Waals surface area contributed by atoms with Crippen LogP contribution in [0, 0.1) is 11.3 Å². The van der Waals surface area contributed by atoms with E-state index in [4.69, 9.17) is 5.26 Å². The Morgan fingerprint density at radius 2 is 1.83 bits per heavy atom. The molecule has 0 heterocycles. The summed E-state index contributed by atoms with van der Waals surface area (Å²) in [5, 5.41) is 14.7. The van der Waals surface area contributed by atoms with Crippen LogP contribution < -0.4 is 10.6 Å². The molecule has 0 aliphatic carbocycles. The first-order valence-corrected chi connectivity index (χ1v) is 7.83. The van der Waals surface area contributed by atoms with E-state index in [1.54, 1.807) is 24.3 Å². The van der Waals surface area contributed by atoms with Crippen molar-refractivity contribution in [2.45, 2.75) is 6.92 Å². The van der Waals surface area contributed by atoms with Gasteiger partial charge in [-0.25, -0.2) is 0 Å². The summed E-state index contributed by atoms with van der Waals surface area (Å²) in [7, 11) is 0. The summed E-state index contributed by atoms with van der Waals surface area (Å²) in [5.41, 5.74) is 1.75. The normalized spacial score (nSPS) is 10.6. The number of rotatable bonds is 5. The molecule has 2 rings (SSSR count). The van der Waals surface area contributed by atoms with Crippen LogP contribution in [0.4, 0.5) is 11.4 Å². The third-order valence-electron chi connectivity index (χ3n) is 3.12. The van der Waals surface area contributed by atoms with Gasteiger partial charge in [-0.1, -0.05) is 22.0 Å². The van der Waals surface area contributed by atoms with Gasteiger partial charge >= 0.3 is 0 Å². The molecule has 0 saturated carbocycles. The van der Waals surface area contributed by atoms with Crippen molar-refractivity contribution >= 4 is 39.0 Å². The fourth-order valence-corrected chi connectivity index (χ4v) is 2.27. The van der Waals surface area contributed by atoms with Gasteiger partial charge in [-0.2, -0.15) is 5.26 Å². The van der Waals surface area contributed by atoms with Crippen LogP contribution in [0.15, 0.2) is 64.8 Å². The maximum Gasteiger partial charge on any atom is 0.267 e. The molecule has 0 spiro atoms. The summed E-state index contributed by atoms with van der Waals surface area (Å²) in [6.07, 6.45) is 1.35. The molecule has 120 valence electrons. The first kappa shape index (κ1) is 17.4. The van der Waals surface area contributed by atoms with Crippen LogP contribution in [-0.2, 0) is 4.79 Å². The van der Waals surface area contributed by atoms with Crippen LogP contribution in [0.3, 0.4) is 0 Å². The molecule has 5 nitrogen and oxygen atoms in total. The SMILES string of the molecule is CC(=O)c1ccc(NC(=O)/C(C#N)=C\Nc2cccc(Br)c2)cc1. The van der Waals surface area contributed by atoms with E-state index in [1.165, 1.54) is 13.1 Å². The Morgan fingerprint density at radius 3 is 2.42 bits per heavy atom. The highest BCUT2D eigenvalue weighted by atomic mass is 79.9. The van der Waals surface area contributed by atoms with Crippen LogP contribution in [-0.4, -0.2) is 11.7 Å². The molecule has 0 bridgehead atoms. The number of hydrogen-bond donors (Lipinski definition) is 2. The number of Topliss-reactive ketones (excluding diaryl/α,β-unsaturated/α-hetero) is 1. The number of anilines is 2. The Balaban J connectivity index is 2.07. The molecule has 0 unspecified atom stereocenters. The highest BCUT2D eigenvalue weighted by Gasteiger charge is 2.09. The second kappa shape index (κ2) is 8.09. The lowest BCUT2D eigenvalue weighted by Gasteiger charge is -2.06. The van der Waals surface area contributed by atoms with Crippen molar-refractivity contribution in [2.75, 3.05) is 10.6 Å². The smallest absolute Gasteiger partial charge is 0.267 e. The molecule has 0 aliphatic heterocycles. The van der Waals surface area contributed by atoms with Gasteiger partial charge in [-0.05, 0) is 49.4 Å². The lowest BCUT2D eigenvalue weighted by atomic mass is 10.1. The number of carbonyl (C=O) groups is 2. The first-order chi connectivity index (χ1) is 11.5. The minimum Gasteiger partial charge on any atom is -0.360 e. The molecule has 2 aromatic rings. The molecule has 0 aromatic heterocycles. The Bertz CT molecular complexity index is 836. The number of ketones is 1. The molecule has 2 aromatic carbocycles. The molecule has 0 saturated heterocycles. The summed E-state index contributed by atoms with van der Waals surface area (Å²) >= 11 is 3.35. The Hall–Kier alpha value is -2.91. The van der Waals surface area contributed by atoms with Gasteiger partial charge in [0.15, 0.2) is 5.78 Å². The lowest BCUT2D eigenvalue weighted by Crippen LogP contribution is -2.14. The van der Waals surface area contributed by atoms with E-state index in [0.29, 0.717) is 11.3 Å². The van der Waals surface area contributed by atoms with Gasteiger partial charge in [0, 0.05) is 27.6 Å². The van der Waals surface area contributed by atoms with Crippen molar-refractivity contribution in [3.05, 3.63) is 70.3 Å². The standard InChI is InChI=1S/C18H14BrN3O2/c1-12(23)13-5-7-16(8-6-13)22-18(24)14(10-20)11-21-17-4-2-3-15(19)9-17/h2-9,11,21H,1H3,(H,22,24)/b14-11-. The number of nitriles is 1. The van der Waals surface area contributed by atoms with Crippen LogP contribution in [0.2, 0.25) is 0 Å². The van der Waals surface area contributed by atoms with Crippen molar-refractivity contribution in [3.8, 4) is 6.07 Å². The van der Waals surface area contributed by atoms with E-state index in [9.17, 15) is 9.59 Å². The van der Waals surface area contributed by atoms with E-state index in [2.05, 4.69) is 26.6 Å². The average Bonchev–Trinajstić information content (AvgIpc) is 2.56. The first-order valence-electron chi connectivity index (χ1n) is 7.04. The van der Waals surface area contributed by atoms with Crippen LogP contribution in [0.5, 0.6) is 0 Å². The summed E-state index contributed by atoms with van der Waals surface area (Å²) < 4.78 is 0.884. The molecule has 2 N–H and O–H groups in total. The van der Waals surface area contributed by atoms with E-state index in [1.807, 2.05) is 30.3 Å². The topological polar surface area (TPSA) is 82.0 Å². The zero-order valence-corrected chi connectivity index (χ0v) is 14.4. The maximum atomic E-state index is 12.1. The molecule has 0 aliphatic rings. The second-order valence-corrected chi connectivity index (χ2v) is 5.83.